The highest BCUT2D eigenvalue weighted by Gasteiger charge is 2.60. The number of esters is 1. The van der Waals surface area contributed by atoms with E-state index >= 15 is 4.39 Å². The summed E-state index contributed by atoms with van der Waals surface area (Å²) in [4.78, 5) is 46.6. The van der Waals surface area contributed by atoms with Crippen LogP contribution in [0, 0.1) is 5.82 Å². The van der Waals surface area contributed by atoms with Crippen LogP contribution in [0.5, 0.6) is 11.8 Å². The zero-order valence-corrected chi connectivity index (χ0v) is 28.4. The molecule has 2 unspecified atom stereocenters. The molecule has 5 heterocycles. The number of anilines is 1. The molecule has 49 heavy (non-hydrogen) atoms. The summed E-state index contributed by atoms with van der Waals surface area (Å²) in [5.74, 6) is -0.943. The standard InChI is InChI=1S/C36H41FN6O6/c1-35(2,3)49-34(46)43-22-12-13-36(43,32(45)47-5)20-42(18-22)31-27-17-38-29(26-16-24(44)15-21-9-6-7-11-25(21)26)28(37)30(27)39-33(40-31)48-19-23-10-8-14-41(23)4/h6-7,9,11,15-17,22-23,44H,8,10,12-14,18-20H2,1-5H3/t22?,23-,36?/m0/s1. The van der Waals surface area contributed by atoms with E-state index in [9.17, 15) is 14.7 Å². The van der Waals surface area contributed by atoms with Gasteiger partial charge in [0, 0.05) is 24.3 Å². The van der Waals surface area contributed by atoms with Crippen LogP contribution in [0.2, 0.25) is 0 Å². The first kappa shape index (κ1) is 32.8. The van der Waals surface area contributed by atoms with Gasteiger partial charge in [0.25, 0.3) is 0 Å². The van der Waals surface area contributed by atoms with Gasteiger partial charge in [-0.1, -0.05) is 24.3 Å². The number of ether oxygens (including phenoxy) is 3. The average Bonchev–Trinajstić information content (AvgIpc) is 3.59. The number of hydrogen-bond donors (Lipinski definition) is 1. The molecular formula is C36H41FN6O6. The van der Waals surface area contributed by atoms with E-state index in [1.807, 2.05) is 36.2 Å². The maximum Gasteiger partial charge on any atom is 0.411 e. The molecule has 2 aromatic carbocycles. The van der Waals surface area contributed by atoms with Gasteiger partial charge in [-0.25, -0.2) is 14.0 Å². The average molecular weight is 673 g/mol. The molecule has 3 aliphatic rings. The molecule has 7 rings (SSSR count). The highest BCUT2D eigenvalue weighted by molar-refractivity contribution is 6.00. The van der Waals surface area contributed by atoms with Crippen molar-refractivity contribution in [1.82, 2.24) is 24.8 Å². The number of carbonyl (C=O) groups is 2. The molecule has 12 nitrogen and oxygen atoms in total. The van der Waals surface area contributed by atoms with Crippen molar-refractivity contribution in [3.63, 3.8) is 0 Å². The number of phenolic OH excluding ortho intramolecular Hbond substituents is 1. The van der Waals surface area contributed by atoms with Crippen LogP contribution in [-0.4, -0.2) is 106 Å². The van der Waals surface area contributed by atoms with E-state index in [0.717, 1.165) is 30.2 Å². The normalized spacial score (nSPS) is 22.6. The molecule has 0 aliphatic carbocycles. The van der Waals surface area contributed by atoms with E-state index in [1.54, 1.807) is 26.8 Å². The minimum Gasteiger partial charge on any atom is -0.508 e. The highest BCUT2D eigenvalue weighted by atomic mass is 19.1. The molecule has 1 amide bonds. The fourth-order valence-electron chi connectivity index (χ4n) is 7.58. The summed E-state index contributed by atoms with van der Waals surface area (Å²) >= 11 is 0. The van der Waals surface area contributed by atoms with Crippen LogP contribution in [0.3, 0.4) is 0 Å². The van der Waals surface area contributed by atoms with Crippen LogP contribution < -0.4 is 9.64 Å². The number of aromatic nitrogens is 3. The number of likely N-dealkylation sites (N-methyl/N-ethyl adjacent to an activating group) is 1. The molecule has 2 bridgehead atoms. The number of carbonyl (C=O) groups excluding carboxylic acids is 2. The maximum absolute atomic E-state index is 16.8. The van der Waals surface area contributed by atoms with Crippen LogP contribution in [0.15, 0.2) is 42.6 Å². The third-order valence-electron chi connectivity index (χ3n) is 9.88. The van der Waals surface area contributed by atoms with Gasteiger partial charge in [-0.3, -0.25) is 9.88 Å². The Bertz CT molecular complexity index is 1950. The number of benzene rings is 2. The van der Waals surface area contributed by atoms with Crippen molar-refractivity contribution in [1.29, 1.82) is 0 Å². The van der Waals surface area contributed by atoms with Crippen molar-refractivity contribution < 1.29 is 33.3 Å². The SMILES string of the molecule is COC(=O)C12CCC(CN(c3nc(OC[C@@H]4CCCN4C)nc4c(F)c(-c5cc(O)cc6ccccc56)ncc34)C1)N2C(=O)OC(C)(C)C. The maximum atomic E-state index is 16.8. The van der Waals surface area contributed by atoms with Crippen LogP contribution in [-0.2, 0) is 14.3 Å². The zero-order valence-electron chi connectivity index (χ0n) is 28.4. The quantitative estimate of drug-likeness (QED) is 0.268. The number of rotatable bonds is 6. The second kappa shape index (κ2) is 12.3. The van der Waals surface area contributed by atoms with Crippen molar-refractivity contribution in [3.8, 4) is 23.0 Å². The van der Waals surface area contributed by atoms with Crippen molar-refractivity contribution in [2.24, 2.45) is 0 Å². The molecule has 0 radical (unpaired) electrons. The lowest BCUT2D eigenvalue weighted by atomic mass is 9.94. The van der Waals surface area contributed by atoms with Crippen LogP contribution >= 0.6 is 0 Å². The van der Waals surface area contributed by atoms with Crippen LogP contribution in [0.1, 0.15) is 46.5 Å². The first-order chi connectivity index (χ1) is 23.4. The molecule has 3 aliphatic heterocycles. The third kappa shape index (κ3) is 5.83. The molecular weight excluding hydrogens is 631 g/mol. The molecule has 258 valence electrons. The molecule has 2 aromatic heterocycles. The summed E-state index contributed by atoms with van der Waals surface area (Å²) in [6.45, 7) is 6.95. The van der Waals surface area contributed by atoms with Gasteiger partial charge in [-0.15, -0.1) is 0 Å². The van der Waals surface area contributed by atoms with E-state index < -0.39 is 35.1 Å². The Balaban J connectivity index is 1.35. The number of pyridine rings is 1. The van der Waals surface area contributed by atoms with E-state index in [1.165, 1.54) is 24.3 Å². The molecule has 0 saturated carbocycles. The fourth-order valence-corrected chi connectivity index (χ4v) is 7.58. The topological polar surface area (TPSA) is 130 Å². The Morgan fingerprint density at radius 2 is 1.92 bits per heavy atom. The smallest absolute Gasteiger partial charge is 0.411 e. The second-order valence-electron chi connectivity index (χ2n) is 14.3. The Morgan fingerprint density at radius 3 is 2.65 bits per heavy atom. The molecule has 0 spiro atoms. The fraction of sp³-hybridized carbons (Fsp3) is 0.472. The minimum absolute atomic E-state index is 0.00588. The minimum atomic E-state index is -1.35. The number of aromatic hydroxyl groups is 1. The summed E-state index contributed by atoms with van der Waals surface area (Å²) in [5, 5.41) is 12.3. The first-order valence-corrected chi connectivity index (χ1v) is 16.7. The van der Waals surface area contributed by atoms with Gasteiger partial charge >= 0.3 is 18.1 Å². The summed E-state index contributed by atoms with van der Waals surface area (Å²) in [5.41, 5.74) is -1.69. The number of fused-ring (bicyclic) bond motifs is 4. The van der Waals surface area contributed by atoms with Crippen LogP contribution in [0.25, 0.3) is 32.9 Å². The summed E-state index contributed by atoms with van der Waals surface area (Å²) in [6, 6.07) is 10.2. The number of piperazine rings is 1. The lowest BCUT2D eigenvalue weighted by molar-refractivity contribution is -0.154. The third-order valence-corrected chi connectivity index (χ3v) is 9.88. The Hall–Kier alpha value is -4.78. The monoisotopic (exact) mass is 672 g/mol. The van der Waals surface area contributed by atoms with Gasteiger partial charge in [0.05, 0.1) is 25.1 Å². The number of methoxy groups -OCH3 is 1. The summed E-state index contributed by atoms with van der Waals surface area (Å²) in [6.07, 6.45) is 3.83. The number of likely N-dealkylation sites (tertiary alicyclic amines) is 1. The summed E-state index contributed by atoms with van der Waals surface area (Å²) in [7, 11) is 3.34. The van der Waals surface area contributed by atoms with Gasteiger partial charge < -0.3 is 29.1 Å². The Morgan fingerprint density at radius 1 is 1.12 bits per heavy atom. The van der Waals surface area contributed by atoms with Crippen molar-refractivity contribution in [2.75, 3.05) is 45.3 Å². The number of nitrogens with zero attached hydrogens (tertiary/aromatic N) is 6. The van der Waals surface area contributed by atoms with Crippen molar-refractivity contribution >= 4 is 39.6 Å². The first-order valence-electron chi connectivity index (χ1n) is 16.7. The van der Waals surface area contributed by atoms with Gasteiger partial charge in [-0.05, 0) is 83.0 Å². The number of phenols is 1. The molecule has 13 heteroatoms. The van der Waals surface area contributed by atoms with Crippen LogP contribution in [0.4, 0.5) is 15.0 Å². The predicted molar refractivity (Wildman–Crippen MR) is 181 cm³/mol. The highest BCUT2D eigenvalue weighted by Crippen LogP contribution is 2.44. The lowest BCUT2D eigenvalue weighted by Crippen LogP contribution is -2.67. The lowest BCUT2D eigenvalue weighted by Gasteiger charge is -2.47. The molecule has 4 aromatic rings. The van der Waals surface area contributed by atoms with E-state index in [0.29, 0.717) is 42.8 Å². The molecule has 3 saturated heterocycles. The predicted octanol–water partition coefficient (Wildman–Crippen LogP) is 5.29. The summed E-state index contributed by atoms with van der Waals surface area (Å²) < 4.78 is 34.0. The Labute approximate surface area is 283 Å². The number of amides is 1. The van der Waals surface area contributed by atoms with E-state index in [4.69, 9.17) is 19.2 Å². The Kier molecular flexibility index (Phi) is 8.21. The van der Waals surface area contributed by atoms with Gasteiger partial charge in [0.15, 0.2) is 11.4 Å². The number of halogens is 1. The molecule has 1 N–H and O–H groups in total. The largest absolute Gasteiger partial charge is 0.508 e. The second-order valence-corrected chi connectivity index (χ2v) is 14.3. The zero-order chi connectivity index (χ0) is 34.7. The van der Waals surface area contributed by atoms with Crippen molar-refractivity contribution in [2.45, 2.75) is 69.7 Å². The van der Waals surface area contributed by atoms with Gasteiger partial charge in [-0.2, -0.15) is 9.97 Å². The van der Waals surface area contributed by atoms with E-state index in [2.05, 4.69) is 14.9 Å². The molecule has 3 fully saturated rings. The van der Waals surface area contributed by atoms with Crippen molar-refractivity contribution in [3.05, 3.63) is 48.4 Å². The van der Waals surface area contributed by atoms with Gasteiger partial charge in [0.2, 0.25) is 0 Å². The number of hydrogen-bond acceptors (Lipinski definition) is 11. The molecule has 3 atom stereocenters. The van der Waals surface area contributed by atoms with E-state index in [-0.39, 0.29) is 35.6 Å². The van der Waals surface area contributed by atoms with Gasteiger partial charge in [0.1, 0.15) is 35.0 Å².